The van der Waals surface area contributed by atoms with Crippen LogP contribution in [0.4, 0.5) is 0 Å². The third kappa shape index (κ3) is 2.46. The summed E-state index contributed by atoms with van der Waals surface area (Å²) in [6.07, 6.45) is 4.63. The van der Waals surface area contributed by atoms with Crippen molar-refractivity contribution in [3.05, 3.63) is 27.7 Å². The molecule has 3 nitrogen and oxygen atoms in total. The molecule has 0 aliphatic heterocycles. The second-order valence-electron chi connectivity index (χ2n) is 4.58. The molecule has 1 atom stereocenters. The molecule has 0 bridgehead atoms. The van der Waals surface area contributed by atoms with E-state index in [1.807, 2.05) is 0 Å². The van der Waals surface area contributed by atoms with Crippen molar-refractivity contribution in [2.24, 2.45) is 11.7 Å². The van der Waals surface area contributed by atoms with Gasteiger partial charge in [0.1, 0.15) is 5.75 Å². The van der Waals surface area contributed by atoms with E-state index in [0.717, 1.165) is 12.8 Å². The first-order valence-electron chi connectivity index (χ1n) is 5.81. The highest BCUT2D eigenvalue weighted by Gasteiger charge is 2.26. The van der Waals surface area contributed by atoms with E-state index in [1.54, 1.807) is 12.1 Å². The summed E-state index contributed by atoms with van der Waals surface area (Å²) in [4.78, 5) is 0. The molecule has 1 fully saturated rings. The van der Waals surface area contributed by atoms with Crippen molar-refractivity contribution in [3.8, 4) is 11.8 Å². The third-order valence-corrected chi connectivity index (χ3v) is 4.09. The molecule has 0 heterocycles. The van der Waals surface area contributed by atoms with Crippen LogP contribution in [0.5, 0.6) is 5.75 Å². The summed E-state index contributed by atoms with van der Waals surface area (Å²) in [5.74, 6) is 0.588. The van der Waals surface area contributed by atoms with E-state index in [4.69, 9.17) is 11.0 Å². The lowest BCUT2D eigenvalue weighted by Crippen LogP contribution is -2.19. The van der Waals surface area contributed by atoms with Gasteiger partial charge in [-0.15, -0.1) is 0 Å². The smallest absolute Gasteiger partial charge is 0.134 e. The molecule has 1 aliphatic carbocycles. The van der Waals surface area contributed by atoms with Gasteiger partial charge in [0, 0.05) is 11.6 Å². The van der Waals surface area contributed by atoms with Gasteiger partial charge in [0.25, 0.3) is 0 Å². The number of phenolic OH excluding ortho intramolecular Hbond substituents is 1. The highest BCUT2D eigenvalue weighted by Crippen LogP contribution is 2.40. The minimum absolute atomic E-state index is 0.170. The maximum Gasteiger partial charge on any atom is 0.134 e. The maximum absolute atomic E-state index is 10.0. The predicted molar refractivity (Wildman–Crippen MR) is 69.4 cm³/mol. The van der Waals surface area contributed by atoms with Crippen molar-refractivity contribution < 1.29 is 5.11 Å². The van der Waals surface area contributed by atoms with Crippen molar-refractivity contribution >= 4 is 15.9 Å². The minimum Gasteiger partial charge on any atom is -0.506 e. The summed E-state index contributed by atoms with van der Waals surface area (Å²) in [7, 11) is 0. The number of benzene rings is 1. The minimum atomic E-state index is -0.179. The lowest BCUT2D eigenvalue weighted by molar-refractivity contribution is 0.411. The van der Waals surface area contributed by atoms with E-state index in [0.29, 0.717) is 21.5 Å². The number of phenols is 1. The normalized spacial score (nSPS) is 17.9. The Morgan fingerprint density at radius 1 is 1.41 bits per heavy atom. The number of hydrogen-bond acceptors (Lipinski definition) is 3. The van der Waals surface area contributed by atoms with Gasteiger partial charge in [0.2, 0.25) is 0 Å². The van der Waals surface area contributed by atoms with Crippen molar-refractivity contribution in [1.29, 1.82) is 5.26 Å². The van der Waals surface area contributed by atoms with Gasteiger partial charge in [0.15, 0.2) is 0 Å². The largest absolute Gasteiger partial charge is 0.506 e. The topological polar surface area (TPSA) is 70.0 Å². The zero-order valence-electron chi connectivity index (χ0n) is 9.49. The fourth-order valence-electron chi connectivity index (χ4n) is 2.51. The fraction of sp³-hybridized carbons (Fsp3) is 0.462. The second kappa shape index (κ2) is 5.07. The highest BCUT2D eigenvalue weighted by atomic mass is 79.9. The molecule has 0 amide bonds. The molecule has 1 saturated carbocycles. The molecule has 17 heavy (non-hydrogen) atoms. The van der Waals surface area contributed by atoms with Crippen LogP contribution in [0.15, 0.2) is 16.6 Å². The van der Waals surface area contributed by atoms with Gasteiger partial charge in [-0.05, 0) is 46.8 Å². The van der Waals surface area contributed by atoms with E-state index >= 15 is 0 Å². The van der Waals surface area contributed by atoms with Crippen molar-refractivity contribution in [2.75, 3.05) is 0 Å². The Hall–Kier alpha value is -1.05. The van der Waals surface area contributed by atoms with Crippen LogP contribution in [0.1, 0.15) is 42.9 Å². The number of aromatic hydroxyl groups is 1. The van der Waals surface area contributed by atoms with Crippen LogP contribution in [0, 0.1) is 17.2 Å². The average Bonchev–Trinajstić information content (AvgIpc) is 2.85. The number of nitrogens with zero attached hydrogens (tertiary/aromatic N) is 1. The molecule has 4 heteroatoms. The van der Waals surface area contributed by atoms with Crippen LogP contribution in [-0.4, -0.2) is 5.11 Å². The standard InChI is InChI=1S/C13H15BrN2O/c14-11-6-8(7-15)5-10(13(11)17)12(16)9-3-1-2-4-9/h5-6,9,12,17H,1-4,16H2/t12-/m0/s1. The second-order valence-corrected chi connectivity index (χ2v) is 5.43. The van der Waals surface area contributed by atoms with Crippen LogP contribution >= 0.6 is 15.9 Å². The van der Waals surface area contributed by atoms with Gasteiger partial charge in [-0.1, -0.05) is 12.8 Å². The molecule has 0 unspecified atom stereocenters. The maximum atomic E-state index is 10.0. The van der Waals surface area contributed by atoms with Gasteiger partial charge in [0.05, 0.1) is 16.1 Å². The van der Waals surface area contributed by atoms with E-state index in [9.17, 15) is 5.11 Å². The van der Waals surface area contributed by atoms with Gasteiger partial charge in [-0.3, -0.25) is 0 Å². The van der Waals surface area contributed by atoms with Crippen LogP contribution in [0.25, 0.3) is 0 Å². The monoisotopic (exact) mass is 294 g/mol. The van der Waals surface area contributed by atoms with Crippen LogP contribution < -0.4 is 5.73 Å². The Morgan fingerprint density at radius 2 is 2.06 bits per heavy atom. The fourth-order valence-corrected chi connectivity index (χ4v) is 2.98. The molecule has 2 rings (SSSR count). The number of halogens is 1. The zero-order valence-corrected chi connectivity index (χ0v) is 11.1. The summed E-state index contributed by atoms with van der Waals surface area (Å²) < 4.78 is 0.542. The SMILES string of the molecule is N#Cc1cc(Br)c(O)c([C@@H](N)C2CCCC2)c1. The molecule has 0 aromatic heterocycles. The molecule has 3 N–H and O–H groups in total. The summed E-state index contributed by atoms with van der Waals surface area (Å²) in [6.45, 7) is 0. The molecule has 1 aromatic carbocycles. The number of rotatable bonds is 2. The first kappa shape index (κ1) is 12.4. The van der Waals surface area contributed by atoms with E-state index in [2.05, 4.69) is 22.0 Å². The average molecular weight is 295 g/mol. The van der Waals surface area contributed by atoms with Crippen molar-refractivity contribution in [1.82, 2.24) is 0 Å². The lowest BCUT2D eigenvalue weighted by atomic mass is 9.91. The first-order valence-corrected chi connectivity index (χ1v) is 6.61. The van der Waals surface area contributed by atoms with E-state index in [1.165, 1.54) is 12.8 Å². The lowest BCUT2D eigenvalue weighted by Gasteiger charge is -2.21. The molecule has 0 spiro atoms. The molecule has 0 saturated heterocycles. The Morgan fingerprint density at radius 3 is 2.65 bits per heavy atom. The van der Waals surface area contributed by atoms with Gasteiger partial charge in [-0.2, -0.15) is 5.26 Å². The molecule has 0 radical (unpaired) electrons. The highest BCUT2D eigenvalue weighted by molar-refractivity contribution is 9.10. The Balaban J connectivity index is 2.36. The number of nitriles is 1. The zero-order chi connectivity index (χ0) is 12.4. The Labute approximate surface area is 109 Å². The summed E-state index contributed by atoms with van der Waals surface area (Å²) in [5.41, 5.74) is 7.41. The van der Waals surface area contributed by atoms with Gasteiger partial charge >= 0.3 is 0 Å². The number of hydrogen-bond donors (Lipinski definition) is 2. The van der Waals surface area contributed by atoms with Crippen LogP contribution in [0.2, 0.25) is 0 Å². The molecule has 1 aliphatic rings. The first-order chi connectivity index (χ1) is 8.13. The van der Waals surface area contributed by atoms with E-state index < -0.39 is 0 Å². The Bertz CT molecular complexity index is 461. The van der Waals surface area contributed by atoms with Gasteiger partial charge in [-0.25, -0.2) is 0 Å². The predicted octanol–water partition coefficient (Wildman–Crippen LogP) is 3.22. The quantitative estimate of drug-likeness (QED) is 0.880. The Kier molecular flexibility index (Phi) is 3.70. The summed E-state index contributed by atoms with van der Waals surface area (Å²) in [5, 5.41) is 18.9. The van der Waals surface area contributed by atoms with Crippen molar-refractivity contribution in [2.45, 2.75) is 31.7 Å². The van der Waals surface area contributed by atoms with Crippen molar-refractivity contribution in [3.63, 3.8) is 0 Å². The van der Waals surface area contributed by atoms with Crippen LogP contribution in [-0.2, 0) is 0 Å². The molecular weight excluding hydrogens is 280 g/mol. The number of nitrogens with two attached hydrogens (primary N) is 1. The molecule has 1 aromatic rings. The van der Waals surface area contributed by atoms with Crippen LogP contribution in [0.3, 0.4) is 0 Å². The summed E-state index contributed by atoms with van der Waals surface area (Å²) >= 11 is 3.26. The summed E-state index contributed by atoms with van der Waals surface area (Å²) in [6, 6.07) is 5.21. The van der Waals surface area contributed by atoms with E-state index in [-0.39, 0.29) is 11.8 Å². The van der Waals surface area contributed by atoms with Gasteiger partial charge < -0.3 is 10.8 Å². The molecule has 90 valence electrons. The third-order valence-electron chi connectivity index (χ3n) is 3.49. The molecular formula is C13H15BrN2O.